The maximum Gasteiger partial charge on any atom is 0.245 e. The topological polar surface area (TPSA) is 65.4 Å². The van der Waals surface area contributed by atoms with Crippen LogP contribution in [0.4, 0.5) is 0 Å². The van der Waals surface area contributed by atoms with E-state index in [9.17, 15) is 4.79 Å². The highest BCUT2D eigenvalue weighted by Crippen LogP contribution is 2.21. The Balaban J connectivity index is 1.56. The van der Waals surface area contributed by atoms with Crippen molar-refractivity contribution in [2.75, 3.05) is 26.9 Å². The zero-order valence-electron chi connectivity index (χ0n) is 18.9. The van der Waals surface area contributed by atoms with Gasteiger partial charge in [-0.15, -0.1) is 6.58 Å². The highest BCUT2D eigenvalue weighted by Gasteiger charge is 2.11. The third-order valence-electron chi connectivity index (χ3n) is 5.32. The molecule has 1 heterocycles. The van der Waals surface area contributed by atoms with Crippen LogP contribution in [0.5, 0.6) is 5.75 Å². The van der Waals surface area contributed by atoms with E-state index >= 15 is 0 Å². The molecule has 6 heteroatoms. The average molecular weight is 436 g/mol. The number of carbonyl (C=O) groups excluding carboxylic acids is 1. The van der Waals surface area contributed by atoms with Gasteiger partial charge in [0.05, 0.1) is 17.6 Å². The van der Waals surface area contributed by atoms with Crippen LogP contribution in [-0.2, 0) is 28.9 Å². The van der Waals surface area contributed by atoms with Gasteiger partial charge in [-0.3, -0.25) is 4.79 Å². The molecule has 1 aromatic heterocycles. The molecule has 0 spiro atoms. The normalized spacial score (nSPS) is 10.9. The van der Waals surface area contributed by atoms with Crippen LogP contribution >= 0.6 is 0 Å². The summed E-state index contributed by atoms with van der Waals surface area (Å²) in [5, 5.41) is 2.86. The fraction of sp³-hybridized carbons (Fsp3) is 0.385. The number of para-hydroxylation sites is 3. The van der Waals surface area contributed by atoms with Crippen LogP contribution in [0.25, 0.3) is 11.0 Å². The third-order valence-corrected chi connectivity index (χ3v) is 5.32. The predicted molar refractivity (Wildman–Crippen MR) is 128 cm³/mol. The Labute approximate surface area is 190 Å². The Morgan fingerprint density at radius 3 is 2.78 bits per heavy atom. The van der Waals surface area contributed by atoms with E-state index < -0.39 is 0 Å². The Bertz CT molecular complexity index is 1010. The summed E-state index contributed by atoms with van der Waals surface area (Å²) in [6.45, 7) is 5.94. The molecular weight excluding hydrogens is 402 g/mol. The smallest absolute Gasteiger partial charge is 0.245 e. The zero-order valence-corrected chi connectivity index (χ0v) is 18.9. The van der Waals surface area contributed by atoms with E-state index in [4.69, 9.17) is 14.5 Å². The van der Waals surface area contributed by atoms with Gasteiger partial charge in [0.2, 0.25) is 5.91 Å². The van der Waals surface area contributed by atoms with Gasteiger partial charge in [0, 0.05) is 20.1 Å². The van der Waals surface area contributed by atoms with Crippen molar-refractivity contribution in [2.45, 2.75) is 38.6 Å². The number of amides is 1. The highest BCUT2D eigenvalue weighted by molar-refractivity contribution is 5.77. The number of allylic oxidation sites excluding steroid dienone is 1. The molecule has 2 aromatic carbocycles. The lowest BCUT2D eigenvalue weighted by Gasteiger charge is -2.13. The molecule has 0 aliphatic rings. The second kappa shape index (κ2) is 12.7. The van der Waals surface area contributed by atoms with E-state index in [0.29, 0.717) is 13.2 Å². The van der Waals surface area contributed by atoms with Gasteiger partial charge in [0.15, 0.2) is 0 Å². The summed E-state index contributed by atoms with van der Waals surface area (Å²) in [4.78, 5) is 16.3. The number of carbonyl (C=O) groups is 1. The number of imidazole rings is 1. The zero-order chi connectivity index (χ0) is 22.6. The number of nitrogens with zero attached hydrogens (tertiary/aromatic N) is 2. The summed E-state index contributed by atoms with van der Waals surface area (Å²) in [6.07, 6.45) is 6.58. The molecule has 0 fully saturated rings. The quantitative estimate of drug-likeness (QED) is 0.303. The van der Waals surface area contributed by atoms with Crippen molar-refractivity contribution >= 4 is 16.9 Å². The highest BCUT2D eigenvalue weighted by atomic mass is 16.5. The summed E-state index contributed by atoms with van der Waals surface area (Å²) in [7, 11) is 1.52. The van der Waals surface area contributed by atoms with E-state index in [1.807, 2.05) is 36.4 Å². The molecule has 0 atom stereocenters. The second-order valence-electron chi connectivity index (χ2n) is 7.71. The molecule has 6 nitrogen and oxygen atoms in total. The number of unbranched alkanes of at least 4 members (excludes halogenated alkanes) is 2. The van der Waals surface area contributed by atoms with Crippen molar-refractivity contribution in [3.63, 3.8) is 0 Å². The Morgan fingerprint density at radius 1 is 1.12 bits per heavy atom. The number of nitrogens with one attached hydrogen (secondary N) is 1. The second-order valence-corrected chi connectivity index (χ2v) is 7.71. The molecule has 0 saturated heterocycles. The van der Waals surface area contributed by atoms with Crippen LogP contribution in [0.1, 0.15) is 30.7 Å². The van der Waals surface area contributed by atoms with Crippen molar-refractivity contribution in [1.29, 1.82) is 0 Å². The number of aromatic nitrogens is 2. The first kappa shape index (κ1) is 23.5. The summed E-state index contributed by atoms with van der Waals surface area (Å²) in [5.74, 6) is 1.93. The van der Waals surface area contributed by atoms with Crippen LogP contribution in [0.2, 0.25) is 0 Å². The van der Waals surface area contributed by atoms with Gasteiger partial charge >= 0.3 is 0 Å². The number of aryl methyl sites for hydroxylation is 1. The molecule has 0 aliphatic carbocycles. The summed E-state index contributed by atoms with van der Waals surface area (Å²) >= 11 is 0. The van der Waals surface area contributed by atoms with E-state index in [0.717, 1.165) is 66.8 Å². The fourth-order valence-corrected chi connectivity index (χ4v) is 3.78. The van der Waals surface area contributed by atoms with E-state index in [1.165, 1.54) is 7.11 Å². The SMILES string of the molecule is C=CCc1ccccc1OCCn1c(CCCCCNC(=O)COC)nc2ccccc21. The first-order valence-electron chi connectivity index (χ1n) is 11.2. The van der Waals surface area contributed by atoms with Crippen molar-refractivity contribution < 1.29 is 14.3 Å². The number of ether oxygens (including phenoxy) is 2. The van der Waals surface area contributed by atoms with Crippen LogP contribution in [-0.4, -0.2) is 42.3 Å². The molecule has 3 rings (SSSR count). The van der Waals surface area contributed by atoms with Gasteiger partial charge in [-0.25, -0.2) is 4.98 Å². The molecular formula is C26H33N3O3. The van der Waals surface area contributed by atoms with E-state index in [2.05, 4.69) is 34.7 Å². The van der Waals surface area contributed by atoms with E-state index in [-0.39, 0.29) is 12.5 Å². The number of benzene rings is 2. The van der Waals surface area contributed by atoms with Crippen LogP contribution in [0.15, 0.2) is 61.2 Å². The lowest BCUT2D eigenvalue weighted by atomic mass is 10.1. The Hall–Kier alpha value is -3.12. The summed E-state index contributed by atoms with van der Waals surface area (Å²) < 4.78 is 13.2. The summed E-state index contributed by atoms with van der Waals surface area (Å²) in [5.41, 5.74) is 3.30. The van der Waals surface area contributed by atoms with Gasteiger partial charge in [-0.05, 0) is 43.0 Å². The van der Waals surface area contributed by atoms with Crippen molar-refractivity contribution in [2.24, 2.45) is 0 Å². The predicted octanol–water partition coefficient (Wildman–Crippen LogP) is 4.32. The molecule has 0 aliphatic heterocycles. The van der Waals surface area contributed by atoms with E-state index in [1.54, 1.807) is 0 Å². The molecule has 1 amide bonds. The molecule has 1 N–H and O–H groups in total. The van der Waals surface area contributed by atoms with Gasteiger partial charge in [-0.1, -0.05) is 42.8 Å². The molecule has 170 valence electrons. The lowest BCUT2D eigenvalue weighted by molar-refractivity contribution is -0.124. The number of hydrogen-bond acceptors (Lipinski definition) is 4. The number of methoxy groups -OCH3 is 1. The standard InChI is InChI=1S/C26H33N3O3/c1-3-11-21-12-6-9-15-24(21)32-19-18-29-23-14-8-7-13-22(23)28-25(29)16-5-4-10-17-27-26(30)20-31-2/h3,6-9,12-15H,1,4-5,10-11,16-20H2,2H3,(H,27,30). The Kier molecular flexibility index (Phi) is 9.32. The Morgan fingerprint density at radius 2 is 1.94 bits per heavy atom. The largest absolute Gasteiger partial charge is 0.491 e. The lowest BCUT2D eigenvalue weighted by Crippen LogP contribution is -2.27. The number of fused-ring (bicyclic) bond motifs is 1. The summed E-state index contributed by atoms with van der Waals surface area (Å²) in [6, 6.07) is 16.4. The molecule has 0 unspecified atom stereocenters. The molecule has 0 radical (unpaired) electrons. The number of rotatable bonds is 14. The van der Waals surface area contributed by atoms with Crippen LogP contribution in [0, 0.1) is 0 Å². The van der Waals surface area contributed by atoms with Crippen LogP contribution in [0.3, 0.4) is 0 Å². The maximum atomic E-state index is 11.4. The maximum absolute atomic E-state index is 11.4. The van der Waals surface area contributed by atoms with Crippen molar-refractivity contribution in [3.8, 4) is 5.75 Å². The molecule has 0 bridgehead atoms. The molecule has 3 aromatic rings. The van der Waals surface area contributed by atoms with Crippen molar-refractivity contribution in [1.82, 2.24) is 14.9 Å². The first-order chi connectivity index (χ1) is 15.7. The number of hydrogen-bond donors (Lipinski definition) is 1. The van der Waals surface area contributed by atoms with Gasteiger partial charge in [-0.2, -0.15) is 0 Å². The monoisotopic (exact) mass is 435 g/mol. The first-order valence-corrected chi connectivity index (χ1v) is 11.2. The molecule has 0 saturated carbocycles. The average Bonchev–Trinajstić information content (AvgIpc) is 3.15. The minimum absolute atomic E-state index is 0.0658. The van der Waals surface area contributed by atoms with Gasteiger partial charge in [0.25, 0.3) is 0 Å². The third kappa shape index (κ3) is 6.69. The fourth-order valence-electron chi connectivity index (χ4n) is 3.78. The van der Waals surface area contributed by atoms with Gasteiger partial charge < -0.3 is 19.4 Å². The van der Waals surface area contributed by atoms with Gasteiger partial charge in [0.1, 0.15) is 24.8 Å². The van der Waals surface area contributed by atoms with Crippen LogP contribution < -0.4 is 10.1 Å². The minimum atomic E-state index is -0.0658. The molecule has 32 heavy (non-hydrogen) atoms. The minimum Gasteiger partial charge on any atom is -0.491 e. The van der Waals surface area contributed by atoms with Crippen molar-refractivity contribution in [3.05, 3.63) is 72.6 Å².